The molecule has 1 aromatic heterocycles. The second-order valence-electron chi connectivity index (χ2n) is 3.79. The lowest BCUT2D eigenvalue weighted by Gasteiger charge is -2.36. The van der Waals surface area contributed by atoms with Gasteiger partial charge in [-0.15, -0.1) is 0 Å². The summed E-state index contributed by atoms with van der Waals surface area (Å²) >= 11 is 5.80. The van der Waals surface area contributed by atoms with Gasteiger partial charge in [0.2, 0.25) is 0 Å². The fraction of sp³-hybridized carbons (Fsp3) is 0.600. The van der Waals surface area contributed by atoms with E-state index in [0.717, 1.165) is 25.3 Å². The Balaban J connectivity index is 2.57. The van der Waals surface area contributed by atoms with Crippen molar-refractivity contribution in [3.8, 4) is 0 Å². The first-order valence-electron chi connectivity index (χ1n) is 5.17. The quantitative estimate of drug-likeness (QED) is 0.683. The maximum atomic E-state index is 11.6. The van der Waals surface area contributed by atoms with Gasteiger partial charge in [-0.2, -0.15) is 4.98 Å². The summed E-state index contributed by atoms with van der Waals surface area (Å²) in [5, 5.41) is 0.277. The number of fused-ring (bicyclic) bond motifs is 1. The van der Waals surface area contributed by atoms with Gasteiger partial charge >= 0.3 is 5.69 Å². The summed E-state index contributed by atoms with van der Waals surface area (Å²) in [4.78, 5) is 17.5. The molecule has 4 nitrogen and oxygen atoms in total. The van der Waals surface area contributed by atoms with E-state index in [1.807, 2.05) is 0 Å². The van der Waals surface area contributed by atoms with Gasteiger partial charge in [-0.3, -0.25) is 4.57 Å². The first kappa shape index (κ1) is 10.5. The van der Waals surface area contributed by atoms with E-state index >= 15 is 0 Å². The highest BCUT2D eigenvalue weighted by atomic mass is 35.5. The molecule has 0 amide bonds. The van der Waals surface area contributed by atoms with Crippen LogP contribution in [0.15, 0.2) is 10.9 Å². The predicted octanol–water partition coefficient (Wildman–Crippen LogP) is 1.52. The van der Waals surface area contributed by atoms with Gasteiger partial charge in [-0.05, 0) is 20.3 Å². The molecule has 1 aromatic rings. The zero-order chi connectivity index (χ0) is 11.0. The number of hydrogen-bond acceptors (Lipinski definition) is 3. The molecule has 1 unspecified atom stereocenters. The average molecular weight is 228 g/mol. The second-order valence-corrected chi connectivity index (χ2v) is 4.18. The molecule has 0 saturated heterocycles. The summed E-state index contributed by atoms with van der Waals surface area (Å²) in [6, 6.07) is 2.22. The molecule has 0 bridgehead atoms. The fourth-order valence-corrected chi connectivity index (χ4v) is 2.26. The van der Waals surface area contributed by atoms with E-state index in [-0.39, 0.29) is 10.8 Å². The van der Waals surface area contributed by atoms with Crippen LogP contribution in [0.25, 0.3) is 0 Å². The number of halogens is 1. The normalized spacial score (nSPS) is 20.2. The lowest BCUT2D eigenvalue weighted by molar-refractivity contribution is 0.466. The highest BCUT2D eigenvalue weighted by Gasteiger charge is 2.23. The number of hydrogen-bond donors (Lipinski definition) is 0. The summed E-state index contributed by atoms with van der Waals surface area (Å²) in [6.07, 6.45) is 0.976. The molecular formula is C10H14ClN3O. The fourth-order valence-electron chi connectivity index (χ4n) is 2.09. The van der Waals surface area contributed by atoms with E-state index in [1.165, 1.54) is 0 Å². The minimum Gasteiger partial charge on any atom is -0.355 e. The molecule has 15 heavy (non-hydrogen) atoms. The first-order valence-corrected chi connectivity index (χ1v) is 5.55. The van der Waals surface area contributed by atoms with Crippen LogP contribution in [0.2, 0.25) is 5.15 Å². The summed E-state index contributed by atoms with van der Waals surface area (Å²) < 4.78 is 1.69. The summed E-state index contributed by atoms with van der Waals surface area (Å²) in [5.74, 6) is 0.890. The first-order chi connectivity index (χ1) is 7.13. The molecule has 0 radical (unpaired) electrons. The number of nitrogens with zero attached hydrogens (tertiary/aromatic N) is 3. The van der Waals surface area contributed by atoms with Crippen LogP contribution < -0.4 is 10.6 Å². The molecule has 0 fully saturated rings. The smallest absolute Gasteiger partial charge is 0.350 e. The Kier molecular flexibility index (Phi) is 2.69. The van der Waals surface area contributed by atoms with Crippen molar-refractivity contribution in [1.29, 1.82) is 0 Å². The summed E-state index contributed by atoms with van der Waals surface area (Å²) in [7, 11) is 0. The predicted molar refractivity (Wildman–Crippen MR) is 60.6 cm³/mol. The van der Waals surface area contributed by atoms with Crippen molar-refractivity contribution < 1.29 is 0 Å². The molecule has 82 valence electrons. The number of rotatable bonds is 1. The minimum atomic E-state index is -0.247. The van der Waals surface area contributed by atoms with Crippen molar-refractivity contribution in [2.24, 2.45) is 0 Å². The third-order valence-electron chi connectivity index (χ3n) is 2.90. The maximum Gasteiger partial charge on any atom is 0.350 e. The molecule has 1 atom stereocenters. The number of anilines is 1. The monoisotopic (exact) mass is 227 g/mol. The van der Waals surface area contributed by atoms with Crippen LogP contribution in [-0.4, -0.2) is 22.1 Å². The molecule has 2 rings (SSSR count). The molecule has 0 N–H and O–H groups in total. The van der Waals surface area contributed by atoms with Crippen molar-refractivity contribution in [1.82, 2.24) is 9.55 Å². The Morgan fingerprint density at radius 3 is 3.07 bits per heavy atom. The van der Waals surface area contributed by atoms with Crippen LogP contribution in [0.4, 0.5) is 5.82 Å². The third kappa shape index (κ3) is 1.74. The minimum absolute atomic E-state index is 0.247. The lowest BCUT2D eigenvalue weighted by atomic mass is 10.1. The zero-order valence-corrected chi connectivity index (χ0v) is 9.66. The van der Waals surface area contributed by atoms with Gasteiger partial charge in [-0.1, -0.05) is 11.6 Å². The van der Waals surface area contributed by atoms with Gasteiger partial charge in [0.05, 0.1) is 0 Å². The summed E-state index contributed by atoms with van der Waals surface area (Å²) in [6.45, 7) is 5.84. The Hall–Kier alpha value is -1.03. The van der Waals surface area contributed by atoms with Crippen LogP contribution in [0.1, 0.15) is 20.3 Å². The highest BCUT2D eigenvalue weighted by Crippen LogP contribution is 2.24. The van der Waals surface area contributed by atoms with Crippen molar-refractivity contribution in [2.75, 3.05) is 11.4 Å². The Morgan fingerprint density at radius 1 is 1.67 bits per heavy atom. The molecule has 1 aliphatic rings. The molecule has 0 aromatic carbocycles. The Bertz CT molecular complexity index is 429. The van der Waals surface area contributed by atoms with Gasteiger partial charge in [0.15, 0.2) is 0 Å². The van der Waals surface area contributed by atoms with Crippen LogP contribution >= 0.6 is 11.6 Å². The molecule has 0 saturated carbocycles. The van der Waals surface area contributed by atoms with E-state index in [9.17, 15) is 4.79 Å². The lowest BCUT2D eigenvalue weighted by Crippen LogP contribution is -2.43. The third-order valence-corrected chi connectivity index (χ3v) is 3.09. The topological polar surface area (TPSA) is 38.1 Å². The van der Waals surface area contributed by atoms with E-state index in [2.05, 4.69) is 23.7 Å². The zero-order valence-electron chi connectivity index (χ0n) is 8.90. The summed E-state index contributed by atoms with van der Waals surface area (Å²) in [5.41, 5.74) is -0.247. The standard InChI is InChI=1S/C10H14ClN3O/c1-3-13-7(2)4-5-14-9(13)6-8(11)12-10(14)15/h6-7H,3-5H2,1-2H3. The van der Waals surface area contributed by atoms with Crippen LogP contribution in [0, 0.1) is 0 Å². The van der Waals surface area contributed by atoms with Crippen molar-refractivity contribution in [2.45, 2.75) is 32.9 Å². The Labute approximate surface area is 93.5 Å². The molecule has 0 aliphatic carbocycles. The second kappa shape index (κ2) is 3.85. The van der Waals surface area contributed by atoms with E-state index in [0.29, 0.717) is 6.04 Å². The number of aromatic nitrogens is 2. The Morgan fingerprint density at radius 2 is 2.40 bits per heavy atom. The van der Waals surface area contributed by atoms with Crippen LogP contribution in [0.3, 0.4) is 0 Å². The maximum absolute atomic E-state index is 11.6. The van der Waals surface area contributed by atoms with Crippen LogP contribution in [0.5, 0.6) is 0 Å². The average Bonchev–Trinajstić information content (AvgIpc) is 2.17. The van der Waals surface area contributed by atoms with E-state index < -0.39 is 0 Å². The van der Waals surface area contributed by atoms with Crippen LogP contribution in [-0.2, 0) is 6.54 Å². The molecule has 5 heteroatoms. The van der Waals surface area contributed by atoms with Gasteiger partial charge in [0, 0.05) is 25.2 Å². The SMILES string of the molecule is CCN1c2cc(Cl)nc(=O)n2CCC1C. The van der Waals surface area contributed by atoms with E-state index in [1.54, 1.807) is 10.6 Å². The molecule has 0 spiro atoms. The molecule has 1 aliphatic heterocycles. The van der Waals surface area contributed by atoms with Crippen molar-refractivity contribution >= 4 is 17.4 Å². The van der Waals surface area contributed by atoms with Gasteiger partial charge in [0.25, 0.3) is 0 Å². The molecule has 2 heterocycles. The van der Waals surface area contributed by atoms with Crippen molar-refractivity contribution in [3.63, 3.8) is 0 Å². The van der Waals surface area contributed by atoms with Gasteiger partial charge in [0.1, 0.15) is 11.0 Å². The van der Waals surface area contributed by atoms with Gasteiger partial charge < -0.3 is 4.90 Å². The van der Waals surface area contributed by atoms with Crippen molar-refractivity contribution in [3.05, 3.63) is 21.7 Å². The molecular weight excluding hydrogens is 214 g/mol. The highest BCUT2D eigenvalue weighted by molar-refractivity contribution is 6.29. The van der Waals surface area contributed by atoms with E-state index in [4.69, 9.17) is 11.6 Å². The van der Waals surface area contributed by atoms with Gasteiger partial charge in [-0.25, -0.2) is 4.79 Å². The largest absolute Gasteiger partial charge is 0.355 e.